The predicted molar refractivity (Wildman–Crippen MR) is 83.2 cm³/mol. The summed E-state index contributed by atoms with van der Waals surface area (Å²) in [6, 6.07) is 5.46. The minimum Gasteiger partial charge on any atom is -0.234 e. The first-order valence-electron chi connectivity index (χ1n) is 5.82. The topological polar surface area (TPSA) is 43.6 Å². The maximum atomic E-state index is 6.25. The molecule has 0 aliphatic rings. The van der Waals surface area contributed by atoms with Crippen LogP contribution in [-0.2, 0) is 0 Å². The second-order valence-corrected chi connectivity index (χ2v) is 5.72. The van der Waals surface area contributed by atoms with E-state index in [0.29, 0.717) is 20.8 Å². The van der Waals surface area contributed by atoms with Gasteiger partial charge in [-0.2, -0.15) is 0 Å². The van der Waals surface area contributed by atoms with Crippen molar-refractivity contribution in [3.05, 3.63) is 40.1 Å². The number of rotatable bonds is 2. The number of hydrogen-bond donors (Lipinski definition) is 0. The molecule has 0 amide bonds. The fourth-order valence-electron chi connectivity index (χ4n) is 1.96. The van der Waals surface area contributed by atoms with Gasteiger partial charge in [0.2, 0.25) is 0 Å². The molecule has 0 aliphatic heterocycles. The normalized spacial score (nSPS) is 11.2. The summed E-state index contributed by atoms with van der Waals surface area (Å²) in [6.45, 7) is 1.95. The summed E-state index contributed by atoms with van der Waals surface area (Å²) in [5, 5.41) is 7.07. The highest BCUT2D eigenvalue weighted by molar-refractivity contribution is 7.98. The van der Waals surface area contributed by atoms with Crippen LogP contribution in [0.15, 0.2) is 29.6 Å². The van der Waals surface area contributed by atoms with Crippen molar-refractivity contribution in [1.29, 1.82) is 0 Å². The first kappa shape index (κ1) is 13.7. The summed E-state index contributed by atoms with van der Waals surface area (Å²) in [7, 11) is 0. The quantitative estimate of drug-likeness (QED) is 0.524. The van der Waals surface area contributed by atoms with Gasteiger partial charge in [-0.05, 0) is 25.3 Å². The lowest BCUT2D eigenvalue weighted by Gasteiger charge is -2.07. The van der Waals surface area contributed by atoms with E-state index >= 15 is 0 Å². The molecule has 0 atom stereocenters. The molecular formula is C13H10Cl2N4S. The van der Waals surface area contributed by atoms with Crippen molar-refractivity contribution in [2.75, 3.05) is 6.26 Å². The van der Waals surface area contributed by atoms with Crippen molar-refractivity contribution in [2.45, 2.75) is 12.1 Å². The van der Waals surface area contributed by atoms with Crippen molar-refractivity contribution < 1.29 is 0 Å². The molecule has 7 heteroatoms. The average Bonchev–Trinajstić information content (AvgIpc) is 2.78. The molecule has 0 bridgehead atoms. The van der Waals surface area contributed by atoms with Crippen molar-refractivity contribution in [2.24, 2.45) is 0 Å². The Kier molecular flexibility index (Phi) is 3.58. The minimum absolute atomic E-state index is 0.475. The maximum absolute atomic E-state index is 6.25. The van der Waals surface area contributed by atoms with Gasteiger partial charge in [-0.3, -0.25) is 0 Å². The highest BCUT2D eigenvalue weighted by atomic mass is 35.5. The summed E-state index contributed by atoms with van der Waals surface area (Å²) in [4.78, 5) is 8.67. The van der Waals surface area contributed by atoms with Gasteiger partial charge in [0.05, 0.1) is 26.8 Å². The maximum Gasteiger partial charge on any atom is 0.189 e. The lowest BCUT2D eigenvalue weighted by Crippen LogP contribution is -1.99. The molecule has 0 radical (unpaired) electrons. The zero-order valence-corrected chi connectivity index (χ0v) is 13.1. The molecule has 3 aromatic rings. The number of benzene rings is 1. The number of aryl methyl sites for hydroxylation is 1. The molecule has 0 spiro atoms. The summed E-state index contributed by atoms with van der Waals surface area (Å²) >= 11 is 13.8. The number of hydrogen-bond acceptors (Lipinski definition) is 4. The Morgan fingerprint density at radius 1 is 1.25 bits per heavy atom. The van der Waals surface area contributed by atoms with Crippen LogP contribution in [-0.4, -0.2) is 26.0 Å². The van der Waals surface area contributed by atoms with Crippen molar-refractivity contribution >= 4 is 46.0 Å². The van der Waals surface area contributed by atoms with Crippen LogP contribution >= 0.6 is 35.0 Å². The van der Waals surface area contributed by atoms with Crippen molar-refractivity contribution in [3.8, 4) is 5.69 Å². The van der Waals surface area contributed by atoms with Gasteiger partial charge in [-0.25, -0.2) is 14.6 Å². The van der Waals surface area contributed by atoms with Crippen LogP contribution in [0.5, 0.6) is 0 Å². The van der Waals surface area contributed by atoms with Gasteiger partial charge in [-0.15, -0.1) is 5.10 Å². The first-order valence-corrected chi connectivity index (χ1v) is 7.80. The van der Waals surface area contributed by atoms with Crippen molar-refractivity contribution in [1.82, 2.24) is 19.7 Å². The first-order chi connectivity index (χ1) is 9.61. The zero-order chi connectivity index (χ0) is 14.3. The number of nitrogens with zero attached hydrogens (tertiary/aromatic N) is 4. The lowest BCUT2D eigenvalue weighted by atomic mass is 10.3. The van der Waals surface area contributed by atoms with Gasteiger partial charge < -0.3 is 0 Å². The molecule has 102 valence electrons. The molecule has 20 heavy (non-hydrogen) atoms. The standard InChI is InChI=1S/C13H10Cl2N4S/c1-7-8-6-16-13(20-2)17-12(8)18-19(7)10-5-3-4-9(14)11(10)15/h3-6H,1-2H3. The van der Waals surface area contributed by atoms with Gasteiger partial charge in [0, 0.05) is 6.20 Å². The highest BCUT2D eigenvalue weighted by Gasteiger charge is 2.14. The molecule has 0 saturated heterocycles. The van der Waals surface area contributed by atoms with Crippen LogP contribution in [0.1, 0.15) is 5.69 Å². The number of aromatic nitrogens is 4. The lowest BCUT2D eigenvalue weighted by molar-refractivity contribution is 0.851. The van der Waals surface area contributed by atoms with E-state index in [9.17, 15) is 0 Å². The van der Waals surface area contributed by atoms with Crippen LogP contribution in [0.2, 0.25) is 10.0 Å². The van der Waals surface area contributed by atoms with Crippen LogP contribution in [0.3, 0.4) is 0 Å². The van der Waals surface area contributed by atoms with E-state index in [1.807, 2.05) is 25.3 Å². The van der Waals surface area contributed by atoms with E-state index in [-0.39, 0.29) is 0 Å². The van der Waals surface area contributed by atoms with Crippen LogP contribution in [0.25, 0.3) is 16.7 Å². The monoisotopic (exact) mass is 324 g/mol. The van der Waals surface area contributed by atoms with E-state index in [4.69, 9.17) is 23.2 Å². The molecule has 3 rings (SSSR count). The van der Waals surface area contributed by atoms with Gasteiger partial charge in [0.1, 0.15) is 0 Å². The molecule has 0 saturated carbocycles. The van der Waals surface area contributed by atoms with Crippen LogP contribution in [0.4, 0.5) is 0 Å². The third kappa shape index (κ3) is 2.16. The summed E-state index contributed by atoms with van der Waals surface area (Å²) in [5.41, 5.74) is 2.31. The average molecular weight is 325 g/mol. The summed E-state index contributed by atoms with van der Waals surface area (Å²) in [5.74, 6) is 0. The van der Waals surface area contributed by atoms with Gasteiger partial charge >= 0.3 is 0 Å². The van der Waals surface area contributed by atoms with Gasteiger partial charge in [0.25, 0.3) is 0 Å². The molecular weight excluding hydrogens is 315 g/mol. The third-order valence-corrected chi connectivity index (χ3v) is 4.36. The molecule has 2 heterocycles. The van der Waals surface area contributed by atoms with E-state index in [2.05, 4.69) is 15.1 Å². The molecule has 1 aromatic carbocycles. The zero-order valence-electron chi connectivity index (χ0n) is 10.8. The van der Waals surface area contributed by atoms with E-state index in [1.54, 1.807) is 16.9 Å². The van der Waals surface area contributed by atoms with Crippen molar-refractivity contribution in [3.63, 3.8) is 0 Å². The predicted octanol–water partition coefficient (Wildman–Crippen LogP) is 4.15. The number of thioether (sulfide) groups is 1. The number of halogens is 2. The molecule has 0 fully saturated rings. The third-order valence-electron chi connectivity index (χ3n) is 2.99. The summed E-state index contributed by atoms with van der Waals surface area (Å²) in [6.07, 6.45) is 3.71. The molecule has 0 N–H and O–H groups in total. The van der Waals surface area contributed by atoms with Gasteiger partial charge in [-0.1, -0.05) is 41.0 Å². The van der Waals surface area contributed by atoms with E-state index in [1.165, 1.54) is 11.8 Å². The second-order valence-electron chi connectivity index (χ2n) is 4.16. The number of fused-ring (bicyclic) bond motifs is 1. The Labute approximate surface area is 130 Å². The molecule has 0 unspecified atom stereocenters. The van der Waals surface area contributed by atoms with Crippen LogP contribution < -0.4 is 0 Å². The van der Waals surface area contributed by atoms with Gasteiger partial charge in [0.15, 0.2) is 10.8 Å². The fourth-order valence-corrected chi connectivity index (χ4v) is 2.67. The molecule has 0 aliphatic carbocycles. The smallest absolute Gasteiger partial charge is 0.189 e. The second kappa shape index (κ2) is 5.24. The van der Waals surface area contributed by atoms with E-state index < -0.39 is 0 Å². The van der Waals surface area contributed by atoms with E-state index in [0.717, 1.165) is 16.8 Å². The highest BCUT2D eigenvalue weighted by Crippen LogP contribution is 2.30. The minimum atomic E-state index is 0.475. The molecule has 2 aromatic heterocycles. The Hall–Kier alpha value is -1.30. The SMILES string of the molecule is CSc1ncc2c(C)n(-c3cccc(Cl)c3Cl)nc2n1. The Morgan fingerprint density at radius 3 is 2.80 bits per heavy atom. The fraction of sp³-hybridized carbons (Fsp3) is 0.154. The Balaban J connectivity index is 2.26. The van der Waals surface area contributed by atoms with Crippen LogP contribution in [0, 0.1) is 6.92 Å². The molecule has 4 nitrogen and oxygen atoms in total. The Morgan fingerprint density at radius 2 is 2.05 bits per heavy atom. The summed E-state index contributed by atoms with van der Waals surface area (Å²) < 4.78 is 1.75. The largest absolute Gasteiger partial charge is 0.234 e. The Bertz CT molecular complexity index is 800.